The van der Waals surface area contributed by atoms with Gasteiger partial charge in [0.2, 0.25) is 5.24 Å². The Morgan fingerprint density at radius 1 is 1.40 bits per heavy atom. The van der Waals surface area contributed by atoms with Crippen molar-refractivity contribution in [2.24, 2.45) is 17.3 Å². The van der Waals surface area contributed by atoms with E-state index in [4.69, 9.17) is 28.3 Å². The number of rotatable bonds is 4. The summed E-state index contributed by atoms with van der Waals surface area (Å²) < 4.78 is 0. The van der Waals surface area contributed by atoms with E-state index < -0.39 is 5.97 Å². The minimum atomic E-state index is -0.983. The summed E-state index contributed by atoms with van der Waals surface area (Å²) in [6, 6.07) is 0. The molecule has 1 N–H and O–H groups in total. The van der Waals surface area contributed by atoms with E-state index in [2.05, 4.69) is 0 Å². The van der Waals surface area contributed by atoms with Crippen LogP contribution in [0.4, 0.5) is 0 Å². The first-order chi connectivity index (χ1) is 6.76. The Morgan fingerprint density at radius 3 is 2.27 bits per heavy atom. The molecule has 0 bridgehead atoms. The molecular formula is C10H12Cl2O3. The van der Waals surface area contributed by atoms with Crippen LogP contribution in [0.25, 0.3) is 0 Å². The number of carboxylic acid groups (broad SMARTS) is 1. The predicted molar refractivity (Wildman–Crippen MR) is 57.8 cm³/mol. The van der Waals surface area contributed by atoms with Crippen LogP contribution in [0.15, 0.2) is 11.1 Å². The Morgan fingerprint density at radius 2 is 1.93 bits per heavy atom. The monoisotopic (exact) mass is 250 g/mol. The van der Waals surface area contributed by atoms with Crippen LogP contribution in [0.3, 0.4) is 0 Å². The second kappa shape index (κ2) is 4.14. The van der Waals surface area contributed by atoms with Crippen molar-refractivity contribution in [3.8, 4) is 0 Å². The van der Waals surface area contributed by atoms with Gasteiger partial charge in [0.05, 0.1) is 6.42 Å². The summed E-state index contributed by atoms with van der Waals surface area (Å²) in [5.41, 5.74) is -0.211. The first-order valence-electron chi connectivity index (χ1n) is 4.54. The molecule has 0 spiro atoms. The number of hydrogen-bond donors (Lipinski definition) is 1. The second-order valence-corrected chi connectivity index (χ2v) is 5.17. The summed E-state index contributed by atoms with van der Waals surface area (Å²) in [6.45, 7) is 3.81. The third kappa shape index (κ3) is 2.73. The van der Waals surface area contributed by atoms with Crippen LogP contribution in [0.5, 0.6) is 0 Å². The van der Waals surface area contributed by atoms with Gasteiger partial charge in [0.15, 0.2) is 0 Å². The van der Waals surface area contributed by atoms with Gasteiger partial charge in [-0.1, -0.05) is 31.5 Å². The summed E-state index contributed by atoms with van der Waals surface area (Å²) in [5, 5.41) is 8.37. The SMILES string of the molecule is CC1(C)C(C=C(Cl)CC(=O)O)C1C(=O)Cl. The zero-order valence-electron chi connectivity index (χ0n) is 8.46. The maximum atomic E-state index is 11.0. The lowest BCUT2D eigenvalue weighted by Crippen LogP contribution is -1.96. The van der Waals surface area contributed by atoms with Gasteiger partial charge in [-0.15, -0.1) is 0 Å². The molecule has 0 saturated heterocycles. The average Bonchev–Trinajstić information content (AvgIpc) is 2.50. The van der Waals surface area contributed by atoms with Crippen LogP contribution in [0.2, 0.25) is 0 Å². The smallest absolute Gasteiger partial charge is 0.308 e. The molecule has 2 atom stereocenters. The number of carbonyl (C=O) groups is 2. The largest absolute Gasteiger partial charge is 0.481 e. The molecule has 1 rings (SSSR count). The number of hydrogen-bond acceptors (Lipinski definition) is 2. The lowest BCUT2D eigenvalue weighted by atomic mass is 10.1. The normalized spacial score (nSPS) is 28.7. The van der Waals surface area contributed by atoms with Crippen molar-refractivity contribution in [2.75, 3.05) is 0 Å². The molecule has 0 amide bonds. The first kappa shape index (κ1) is 12.5. The summed E-state index contributed by atoms with van der Waals surface area (Å²) in [4.78, 5) is 21.4. The molecule has 0 heterocycles. The van der Waals surface area contributed by atoms with Crippen molar-refractivity contribution < 1.29 is 14.7 Å². The fourth-order valence-electron chi connectivity index (χ4n) is 1.82. The predicted octanol–water partition coefficient (Wildman–Crippen LogP) is 2.62. The minimum Gasteiger partial charge on any atom is -0.481 e. The van der Waals surface area contributed by atoms with Gasteiger partial charge in [0.1, 0.15) is 0 Å². The maximum absolute atomic E-state index is 11.0. The van der Waals surface area contributed by atoms with Crippen LogP contribution >= 0.6 is 23.2 Å². The van der Waals surface area contributed by atoms with Gasteiger partial charge in [0, 0.05) is 11.0 Å². The van der Waals surface area contributed by atoms with Gasteiger partial charge in [0.25, 0.3) is 0 Å². The topological polar surface area (TPSA) is 54.4 Å². The molecule has 2 unspecified atom stereocenters. The first-order valence-corrected chi connectivity index (χ1v) is 5.29. The molecule has 1 aliphatic carbocycles. The molecule has 3 nitrogen and oxygen atoms in total. The Hall–Kier alpha value is -0.540. The van der Waals surface area contributed by atoms with Gasteiger partial charge in [-0.2, -0.15) is 0 Å². The lowest BCUT2D eigenvalue weighted by molar-refractivity contribution is -0.136. The molecule has 0 aromatic carbocycles. The van der Waals surface area contributed by atoms with Crippen molar-refractivity contribution >= 4 is 34.4 Å². The van der Waals surface area contributed by atoms with Gasteiger partial charge in [-0.05, 0) is 22.9 Å². The maximum Gasteiger partial charge on any atom is 0.308 e. The van der Waals surface area contributed by atoms with Crippen LogP contribution < -0.4 is 0 Å². The summed E-state index contributed by atoms with van der Waals surface area (Å²) >= 11 is 11.2. The minimum absolute atomic E-state index is 0.0469. The number of halogens is 2. The van der Waals surface area contributed by atoms with Crippen molar-refractivity contribution in [3.63, 3.8) is 0 Å². The highest BCUT2D eigenvalue weighted by molar-refractivity contribution is 6.64. The highest BCUT2D eigenvalue weighted by Crippen LogP contribution is 2.60. The fraction of sp³-hybridized carbons (Fsp3) is 0.600. The Labute approximate surface area is 98.1 Å². The lowest BCUT2D eigenvalue weighted by Gasteiger charge is -1.97. The Bertz CT molecular complexity index is 334. The fourth-order valence-corrected chi connectivity index (χ4v) is 2.49. The van der Waals surface area contributed by atoms with Crippen molar-refractivity contribution in [2.45, 2.75) is 20.3 Å². The number of carboxylic acids is 1. The number of aliphatic carboxylic acids is 1. The molecule has 0 aliphatic heterocycles. The van der Waals surface area contributed by atoms with E-state index in [9.17, 15) is 9.59 Å². The van der Waals surface area contributed by atoms with Crippen molar-refractivity contribution in [1.29, 1.82) is 0 Å². The highest BCUT2D eigenvalue weighted by atomic mass is 35.5. The van der Waals surface area contributed by atoms with Crippen LogP contribution in [-0.4, -0.2) is 16.3 Å². The molecule has 1 fully saturated rings. The molecule has 84 valence electrons. The molecule has 0 radical (unpaired) electrons. The summed E-state index contributed by atoms with van der Waals surface area (Å²) in [7, 11) is 0. The average molecular weight is 251 g/mol. The standard InChI is InChI=1S/C10H12Cl2O3/c1-10(2)6(8(10)9(12)15)3-5(11)4-7(13)14/h3,6,8H,4H2,1-2H3,(H,13,14). The van der Waals surface area contributed by atoms with Crippen molar-refractivity contribution in [1.82, 2.24) is 0 Å². The van der Waals surface area contributed by atoms with E-state index in [1.165, 1.54) is 0 Å². The van der Waals surface area contributed by atoms with E-state index in [1.807, 2.05) is 13.8 Å². The van der Waals surface area contributed by atoms with Gasteiger partial charge < -0.3 is 5.11 Å². The second-order valence-electron chi connectivity index (χ2n) is 4.31. The summed E-state index contributed by atoms with van der Waals surface area (Å²) in [5.74, 6) is -1.28. The molecule has 5 heteroatoms. The highest BCUT2D eigenvalue weighted by Gasteiger charge is 2.60. The quantitative estimate of drug-likeness (QED) is 0.781. The number of allylic oxidation sites excluding steroid dienone is 1. The molecule has 0 aromatic heterocycles. The van der Waals surface area contributed by atoms with Gasteiger partial charge in [-0.3, -0.25) is 9.59 Å². The van der Waals surface area contributed by atoms with Gasteiger partial charge in [-0.25, -0.2) is 0 Å². The van der Waals surface area contributed by atoms with Gasteiger partial charge >= 0.3 is 5.97 Å². The molecule has 0 aromatic rings. The Kier molecular flexibility index (Phi) is 3.46. The molecule has 1 saturated carbocycles. The van der Waals surface area contributed by atoms with E-state index in [0.29, 0.717) is 0 Å². The molecule has 1 aliphatic rings. The van der Waals surface area contributed by atoms with Crippen LogP contribution in [-0.2, 0) is 9.59 Å². The zero-order chi connectivity index (χ0) is 11.8. The zero-order valence-corrected chi connectivity index (χ0v) is 9.97. The van der Waals surface area contributed by atoms with Crippen LogP contribution in [0.1, 0.15) is 20.3 Å². The molecular weight excluding hydrogens is 239 g/mol. The van der Waals surface area contributed by atoms with Crippen molar-refractivity contribution in [3.05, 3.63) is 11.1 Å². The van der Waals surface area contributed by atoms with E-state index >= 15 is 0 Å². The molecule has 15 heavy (non-hydrogen) atoms. The third-order valence-electron chi connectivity index (χ3n) is 2.84. The number of carbonyl (C=O) groups excluding carboxylic acids is 1. The van der Waals surface area contributed by atoms with Crippen LogP contribution in [0, 0.1) is 17.3 Å². The van der Waals surface area contributed by atoms with E-state index in [-0.39, 0.29) is 33.9 Å². The third-order valence-corrected chi connectivity index (χ3v) is 3.33. The van der Waals surface area contributed by atoms with E-state index in [1.54, 1.807) is 6.08 Å². The Balaban J connectivity index is 2.69. The van der Waals surface area contributed by atoms with E-state index in [0.717, 1.165) is 0 Å². The summed E-state index contributed by atoms with van der Waals surface area (Å²) in [6.07, 6.45) is 1.41.